The molecule has 0 unspecified atom stereocenters. The summed E-state index contributed by atoms with van der Waals surface area (Å²) in [4.78, 5) is 0. The molecule has 0 spiro atoms. The van der Waals surface area contributed by atoms with Gasteiger partial charge in [0.05, 0.1) is 13.2 Å². The summed E-state index contributed by atoms with van der Waals surface area (Å²) in [6.45, 7) is -0.250. The number of hydrogen-bond acceptors (Lipinski definition) is 3. The third-order valence-electron chi connectivity index (χ3n) is 0.1000. The third kappa shape index (κ3) is 74.9. The van der Waals surface area contributed by atoms with Crippen molar-refractivity contribution in [1.29, 1.82) is 0 Å². The summed E-state index contributed by atoms with van der Waals surface area (Å²) < 4.78 is 8.91. The van der Waals surface area contributed by atoms with E-state index in [1.165, 1.54) is 0 Å². The van der Waals surface area contributed by atoms with E-state index >= 15 is 0 Å². The fourth-order valence-corrected chi connectivity index (χ4v) is 0. The molecule has 0 aliphatic heterocycles. The van der Waals surface area contributed by atoms with E-state index in [1.807, 2.05) is 0 Å². The Morgan fingerprint density at radius 2 is 1.57 bits per heavy atom. The summed E-state index contributed by atoms with van der Waals surface area (Å²) in [5.41, 5.74) is 0. The average molecular weight is 193 g/mol. The van der Waals surface area contributed by atoms with Crippen molar-refractivity contribution in [2.24, 2.45) is 0 Å². The van der Waals surface area contributed by atoms with Gasteiger partial charge in [-0.15, -0.1) is 0 Å². The van der Waals surface area contributed by atoms with Gasteiger partial charge in [-0.1, -0.05) is 0 Å². The second-order valence-corrected chi connectivity index (χ2v) is 1.05. The Labute approximate surface area is 49.4 Å². The second kappa shape index (κ2) is 16.4. The van der Waals surface area contributed by atoms with Crippen molar-refractivity contribution < 1.29 is 30.4 Å². The molecule has 0 bridgehead atoms. The van der Waals surface area contributed by atoms with Crippen LogP contribution in [0.1, 0.15) is 0 Å². The number of hydrogen-bond donors (Lipinski definition) is 2. The first kappa shape index (κ1) is 10.2. The quantitative estimate of drug-likeness (QED) is 0.515. The molecule has 4 heteroatoms. The Kier molecular flexibility index (Phi) is 23.9. The molecule has 0 rings (SSSR count). The second-order valence-electron chi connectivity index (χ2n) is 0.549. The summed E-state index contributed by atoms with van der Waals surface area (Å²) in [6, 6.07) is 0. The van der Waals surface area contributed by atoms with Gasteiger partial charge in [-0.3, -0.25) is 0 Å². The van der Waals surface area contributed by atoms with E-state index in [2.05, 4.69) is 5.11 Å². The predicted molar refractivity (Wildman–Crippen MR) is 22.0 cm³/mol. The van der Waals surface area contributed by atoms with Crippen molar-refractivity contribution in [3.8, 4) is 0 Å². The molecular weight excluding hydrogens is 185 g/mol. The Morgan fingerprint density at radius 1 is 1.43 bits per heavy atom. The van der Waals surface area contributed by atoms with Gasteiger partial charge in [0.15, 0.2) is 0 Å². The topological polar surface area (TPSA) is 57.5 Å². The monoisotopic (exact) mass is 194 g/mol. The van der Waals surface area contributed by atoms with Crippen LogP contribution in [0.4, 0.5) is 0 Å². The predicted octanol–water partition coefficient (Wildman–Crippen LogP) is -1.18. The maximum absolute atomic E-state index is 8.91. The molecule has 7 heavy (non-hydrogen) atoms. The molecule has 0 saturated carbocycles. The van der Waals surface area contributed by atoms with Gasteiger partial charge < -0.3 is 10.2 Å². The first-order valence-corrected chi connectivity index (χ1v) is 3.47. The Bertz CT molecular complexity index is 46.1. The molecule has 0 aliphatic rings. The zero-order chi connectivity index (χ0) is 6.12. The molecule has 0 aromatic heterocycles. The van der Waals surface area contributed by atoms with E-state index in [4.69, 9.17) is 13.8 Å². The number of aliphatic hydroxyl groups excluding tert-OH is 2. The van der Waals surface area contributed by atoms with Gasteiger partial charge >= 0.3 is 25.3 Å². The SMILES string of the molecule is OCCO.[CH2]=[Ru]=[O]. The van der Waals surface area contributed by atoms with Crippen LogP contribution in [0, 0.1) is 0 Å². The summed E-state index contributed by atoms with van der Waals surface area (Å²) >= 11 is -0.790. The van der Waals surface area contributed by atoms with Crippen molar-refractivity contribution >= 4 is 5.11 Å². The van der Waals surface area contributed by atoms with Gasteiger partial charge in [-0.2, -0.15) is 0 Å². The molecule has 0 fully saturated rings. The van der Waals surface area contributed by atoms with Gasteiger partial charge in [0.2, 0.25) is 0 Å². The summed E-state index contributed by atoms with van der Waals surface area (Å²) in [7, 11) is 0. The zero-order valence-electron chi connectivity index (χ0n) is 3.78. The molecule has 0 amide bonds. The number of rotatable bonds is 1. The van der Waals surface area contributed by atoms with Crippen molar-refractivity contribution in [3.63, 3.8) is 0 Å². The van der Waals surface area contributed by atoms with Gasteiger partial charge in [0.25, 0.3) is 0 Å². The van der Waals surface area contributed by atoms with Crippen LogP contribution in [0.5, 0.6) is 0 Å². The fraction of sp³-hybridized carbons (Fsp3) is 0.667. The van der Waals surface area contributed by atoms with E-state index < -0.39 is 16.6 Å². The normalized spacial score (nSPS) is 6.57. The summed E-state index contributed by atoms with van der Waals surface area (Å²) in [6.07, 6.45) is 0. The molecule has 0 aromatic rings. The molecule has 0 radical (unpaired) electrons. The van der Waals surface area contributed by atoms with Gasteiger partial charge in [-0.25, -0.2) is 0 Å². The number of aliphatic hydroxyl groups is 2. The molecule has 46 valence electrons. The fourth-order valence-electron chi connectivity index (χ4n) is 0. The van der Waals surface area contributed by atoms with Crippen LogP contribution in [0.2, 0.25) is 0 Å². The third-order valence-corrected chi connectivity index (χ3v) is 0.1000. The van der Waals surface area contributed by atoms with Crippen molar-refractivity contribution in [2.45, 2.75) is 0 Å². The van der Waals surface area contributed by atoms with E-state index in [1.54, 1.807) is 0 Å². The molecule has 2 N–H and O–H groups in total. The van der Waals surface area contributed by atoms with Crippen LogP contribution in [0.25, 0.3) is 0 Å². The van der Waals surface area contributed by atoms with Crippen LogP contribution in [0.3, 0.4) is 0 Å². The van der Waals surface area contributed by atoms with Crippen LogP contribution >= 0.6 is 0 Å². The van der Waals surface area contributed by atoms with Crippen LogP contribution in [-0.2, 0) is 20.2 Å². The van der Waals surface area contributed by atoms with E-state index in [0.29, 0.717) is 0 Å². The van der Waals surface area contributed by atoms with Crippen molar-refractivity contribution in [2.75, 3.05) is 13.2 Å². The maximum atomic E-state index is 8.91. The zero-order valence-corrected chi connectivity index (χ0v) is 5.52. The molecule has 0 aromatic carbocycles. The molecular formula is C3H8O3Ru. The minimum absolute atomic E-state index is 0.125. The molecule has 0 atom stereocenters. The van der Waals surface area contributed by atoms with E-state index in [-0.39, 0.29) is 13.2 Å². The molecule has 0 saturated heterocycles. The molecule has 3 nitrogen and oxygen atoms in total. The van der Waals surface area contributed by atoms with Crippen LogP contribution in [0.15, 0.2) is 0 Å². The molecule has 0 heterocycles. The minimum atomic E-state index is -0.790. The summed E-state index contributed by atoms with van der Waals surface area (Å²) in [5, 5.41) is 18.3. The first-order chi connectivity index (χ1) is 3.33. The Morgan fingerprint density at radius 3 is 1.57 bits per heavy atom. The standard InChI is InChI=1S/C2H6O2.CH2.O.Ru/c3-1-2-4;;;/h3-4H,1-2H2;1H2;;. The van der Waals surface area contributed by atoms with Gasteiger partial charge in [-0.05, 0) is 0 Å². The van der Waals surface area contributed by atoms with Gasteiger partial charge in [0.1, 0.15) is 0 Å². The first-order valence-electron chi connectivity index (χ1n) is 1.53. The average Bonchev–Trinajstić information content (AvgIpc) is 1.69. The Hall–Kier alpha value is 0.213. The van der Waals surface area contributed by atoms with E-state index in [9.17, 15) is 0 Å². The van der Waals surface area contributed by atoms with Crippen molar-refractivity contribution in [3.05, 3.63) is 0 Å². The van der Waals surface area contributed by atoms with Crippen LogP contribution in [-0.4, -0.2) is 28.5 Å². The molecule has 0 aliphatic carbocycles. The summed E-state index contributed by atoms with van der Waals surface area (Å²) in [5.74, 6) is 0. The van der Waals surface area contributed by atoms with Gasteiger partial charge in [0, 0.05) is 0 Å². The Balaban J connectivity index is 0. The van der Waals surface area contributed by atoms with Crippen molar-refractivity contribution in [1.82, 2.24) is 0 Å². The van der Waals surface area contributed by atoms with E-state index in [0.717, 1.165) is 0 Å². The van der Waals surface area contributed by atoms with Crippen LogP contribution < -0.4 is 0 Å².